The van der Waals surface area contributed by atoms with Gasteiger partial charge < -0.3 is 20.1 Å². The first-order valence-electron chi connectivity index (χ1n) is 7.72. The Kier molecular flexibility index (Phi) is 7.66. The highest BCUT2D eigenvalue weighted by atomic mass is 35.5. The van der Waals surface area contributed by atoms with Crippen molar-refractivity contribution in [3.63, 3.8) is 0 Å². The Morgan fingerprint density at radius 2 is 1.92 bits per heavy atom. The molecule has 2 N–H and O–H groups in total. The van der Waals surface area contributed by atoms with Crippen LogP contribution in [-0.2, 0) is 14.3 Å². The average Bonchev–Trinajstić information content (AvgIpc) is 2.57. The predicted molar refractivity (Wildman–Crippen MR) is 94.8 cm³/mol. The van der Waals surface area contributed by atoms with Crippen molar-refractivity contribution >= 4 is 30.0 Å². The zero-order valence-corrected chi connectivity index (χ0v) is 15.1. The van der Waals surface area contributed by atoms with Crippen molar-refractivity contribution in [2.24, 2.45) is 5.41 Å². The van der Waals surface area contributed by atoms with Crippen LogP contribution in [-0.4, -0.2) is 45.8 Å². The Morgan fingerprint density at radius 1 is 1.25 bits per heavy atom. The number of ether oxygens (including phenoxy) is 2. The number of piperidine rings is 1. The lowest BCUT2D eigenvalue weighted by Crippen LogP contribution is -2.47. The summed E-state index contributed by atoms with van der Waals surface area (Å²) in [6.45, 7) is 3.86. The summed E-state index contributed by atoms with van der Waals surface area (Å²) in [4.78, 5) is 24.5. The number of carbonyl (C=O) groups excluding carboxylic acids is 2. The van der Waals surface area contributed by atoms with Gasteiger partial charge in [-0.2, -0.15) is 0 Å². The van der Waals surface area contributed by atoms with E-state index < -0.39 is 11.4 Å². The summed E-state index contributed by atoms with van der Waals surface area (Å²) in [5.41, 5.74) is 1.41. The number of hydrogen-bond donors (Lipinski definition) is 2. The molecule has 0 bridgehead atoms. The molecule has 1 fully saturated rings. The van der Waals surface area contributed by atoms with Crippen LogP contribution in [0.4, 0.5) is 5.69 Å². The number of nitrogens with one attached hydrogen (secondary N) is 2. The second-order valence-corrected chi connectivity index (χ2v) is 5.94. The molecule has 0 saturated carbocycles. The van der Waals surface area contributed by atoms with Crippen LogP contribution in [0.5, 0.6) is 0 Å². The molecular weight excluding hydrogens is 332 g/mol. The minimum absolute atomic E-state index is 0. The lowest BCUT2D eigenvalue weighted by atomic mass is 9.78. The third-order valence-electron chi connectivity index (χ3n) is 4.37. The van der Waals surface area contributed by atoms with Gasteiger partial charge in [-0.05, 0) is 50.6 Å². The zero-order chi connectivity index (χ0) is 16.9. The number of carbonyl (C=O) groups is 2. The first-order chi connectivity index (χ1) is 11.0. The number of esters is 1. The highest BCUT2D eigenvalue weighted by Crippen LogP contribution is 2.31. The molecule has 0 atom stereocenters. The van der Waals surface area contributed by atoms with E-state index in [-0.39, 0.29) is 18.3 Å². The fourth-order valence-corrected chi connectivity index (χ4v) is 2.87. The first-order valence-corrected chi connectivity index (χ1v) is 7.72. The molecule has 1 aliphatic heterocycles. The molecule has 2 rings (SSSR count). The van der Waals surface area contributed by atoms with Crippen molar-refractivity contribution < 1.29 is 19.1 Å². The van der Waals surface area contributed by atoms with Gasteiger partial charge in [0.15, 0.2) is 0 Å². The maximum Gasteiger partial charge on any atom is 0.337 e. The van der Waals surface area contributed by atoms with E-state index in [2.05, 4.69) is 10.6 Å². The predicted octanol–water partition coefficient (Wildman–Crippen LogP) is 2.16. The van der Waals surface area contributed by atoms with E-state index in [1.807, 2.05) is 6.92 Å². The Hall–Kier alpha value is -1.63. The standard InChI is InChI=1S/C17H24N2O4.ClH/c1-12-4-5-13(15(20)23-3)10-14(12)19-16(21)17(11-22-2)6-8-18-9-7-17;/h4-5,10,18H,6-9,11H2,1-3H3,(H,19,21);1H. The quantitative estimate of drug-likeness (QED) is 0.791. The molecule has 1 aliphatic rings. The van der Waals surface area contributed by atoms with Gasteiger partial charge in [-0.25, -0.2) is 4.79 Å². The highest BCUT2D eigenvalue weighted by molar-refractivity contribution is 5.98. The molecule has 7 heteroatoms. The smallest absolute Gasteiger partial charge is 0.337 e. The summed E-state index contributed by atoms with van der Waals surface area (Å²) in [6, 6.07) is 5.14. The zero-order valence-electron chi connectivity index (χ0n) is 14.3. The van der Waals surface area contributed by atoms with Crippen molar-refractivity contribution in [1.82, 2.24) is 5.32 Å². The molecule has 0 radical (unpaired) electrons. The fraction of sp³-hybridized carbons (Fsp3) is 0.529. The van der Waals surface area contributed by atoms with E-state index in [0.717, 1.165) is 31.5 Å². The van der Waals surface area contributed by atoms with Crippen LogP contribution in [0.15, 0.2) is 18.2 Å². The number of halogens is 1. The van der Waals surface area contributed by atoms with Crippen LogP contribution < -0.4 is 10.6 Å². The molecule has 0 spiro atoms. The van der Waals surface area contributed by atoms with E-state index in [4.69, 9.17) is 9.47 Å². The maximum absolute atomic E-state index is 12.8. The molecule has 134 valence electrons. The molecule has 0 aliphatic carbocycles. The first kappa shape index (κ1) is 20.4. The van der Waals surface area contributed by atoms with E-state index in [0.29, 0.717) is 17.9 Å². The van der Waals surface area contributed by atoms with Gasteiger partial charge in [-0.1, -0.05) is 6.07 Å². The van der Waals surface area contributed by atoms with E-state index in [1.54, 1.807) is 25.3 Å². The van der Waals surface area contributed by atoms with E-state index in [9.17, 15) is 9.59 Å². The lowest BCUT2D eigenvalue weighted by molar-refractivity contribution is -0.130. The lowest BCUT2D eigenvalue weighted by Gasteiger charge is -2.35. The Morgan fingerprint density at radius 3 is 2.50 bits per heavy atom. The molecule has 1 saturated heterocycles. The molecular formula is C17H25ClN2O4. The summed E-state index contributed by atoms with van der Waals surface area (Å²) in [6.07, 6.45) is 1.45. The number of amides is 1. The summed E-state index contributed by atoms with van der Waals surface area (Å²) in [7, 11) is 2.95. The molecule has 1 amide bonds. The maximum atomic E-state index is 12.8. The van der Waals surface area contributed by atoms with E-state index >= 15 is 0 Å². The molecule has 0 unspecified atom stereocenters. The van der Waals surface area contributed by atoms with Gasteiger partial charge in [0, 0.05) is 12.8 Å². The van der Waals surface area contributed by atoms with Crippen molar-refractivity contribution in [2.45, 2.75) is 19.8 Å². The van der Waals surface area contributed by atoms with E-state index in [1.165, 1.54) is 7.11 Å². The summed E-state index contributed by atoms with van der Waals surface area (Å²) in [5, 5.41) is 6.23. The number of rotatable bonds is 5. The number of benzene rings is 1. The van der Waals surface area contributed by atoms with Crippen molar-refractivity contribution in [3.8, 4) is 0 Å². The summed E-state index contributed by atoms with van der Waals surface area (Å²) in [5.74, 6) is -0.486. The second kappa shape index (κ2) is 9.01. The number of aryl methyl sites for hydroxylation is 1. The molecule has 6 nitrogen and oxygen atoms in total. The SMILES string of the molecule is COCC1(C(=O)Nc2cc(C(=O)OC)ccc2C)CCNCC1.Cl. The van der Waals surface area contributed by atoms with Crippen molar-refractivity contribution in [1.29, 1.82) is 0 Å². The largest absolute Gasteiger partial charge is 0.465 e. The van der Waals surface area contributed by atoms with Crippen LogP contribution in [0.3, 0.4) is 0 Å². The van der Waals surface area contributed by atoms with Gasteiger partial charge in [0.2, 0.25) is 5.91 Å². The monoisotopic (exact) mass is 356 g/mol. The second-order valence-electron chi connectivity index (χ2n) is 5.94. The van der Waals surface area contributed by atoms with Gasteiger partial charge >= 0.3 is 5.97 Å². The van der Waals surface area contributed by atoms with Crippen LogP contribution in [0.2, 0.25) is 0 Å². The van der Waals surface area contributed by atoms with Crippen LogP contribution in [0.25, 0.3) is 0 Å². The van der Waals surface area contributed by atoms with Gasteiger partial charge in [-0.3, -0.25) is 4.79 Å². The van der Waals surface area contributed by atoms with Crippen molar-refractivity contribution in [3.05, 3.63) is 29.3 Å². The van der Waals surface area contributed by atoms with Crippen molar-refractivity contribution in [2.75, 3.05) is 39.2 Å². The van der Waals surface area contributed by atoms with Gasteiger partial charge in [0.1, 0.15) is 0 Å². The minimum atomic E-state index is -0.534. The minimum Gasteiger partial charge on any atom is -0.465 e. The van der Waals surface area contributed by atoms with Crippen LogP contribution >= 0.6 is 12.4 Å². The molecule has 1 aromatic carbocycles. The number of hydrogen-bond acceptors (Lipinski definition) is 5. The van der Waals surface area contributed by atoms with Gasteiger partial charge in [0.05, 0.1) is 24.7 Å². The molecule has 0 aromatic heterocycles. The topological polar surface area (TPSA) is 76.7 Å². The Balaban J connectivity index is 0.00000288. The summed E-state index contributed by atoms with van der Waals surface area (Å²) < 4.78 is 10.0. The fourth-order valence-electron chi connectivity index (χ4n) is 2.87. The molecule has 24 heavy (non-hydrogen) atoms. The average molecular weight is 357 g/mol. The van der Waals surface area contributed by atoms with Crippen LogP contribution in [0, 0.1) is 12.3 Å². The third kappa shape index (κ3) is 4.47. The van der Waals surface area contributed by atoms with Gasteiger partial charge in [0.25, 0.3) is 0 Å². The molecule has 1 aromatic rings. The Bertz CT molecular complexity index is 580. The van der Waals surface area contributed by atoms with Crippen LogP contribution in [0.1, 0.15) is 28.8 Å². The normalized spacial score (nSPS) is 16.0. The van der Waals surface area contributed by atoms with Gasteiger partial charge in [-0.15, -0.1) is 12.4 Å². The highest BCUT2D eigenvalue weighted by Gasteiger charge is 2.39. The summed E-state index contributed by atoms with van der Waals surface area (Å²) >= 11 is 0. The Labute approximate surface area is 148 Å². The third-order valence-corrected chi connectivity index (χ3v) is 4.37. The number of anilines is 1. The molecule has 1 heterocycles. The number of methoxy groups -OCH3 is 2.